The summed E-state index contributed by atoms with van der Waals surface area (Å²) >= 11 is 5.81. The molecule has 0 spiro atoms. The van der Waals surface area contributed by atoms with E-state index in [4.69, 9.17) is 16.3 Å². The van der Waals surface area contributed by atoms with Crippen LogP contribution in [0.25, 0.3) is 0 Å². The van der Waals surface area contributed by atoms with E-state index in [2.05, 4.69) is 19.2 Å². The van der Waals surface area contributed by atoms with Crippen LogP contribution in [0.3, 0.4) is 0 Å². The Bertz CT molecular complexity index is 356. The van der Waals surface area contributed by atoms with Crippen LogP contribution >= 0.6 is 11.6 Å². The molecule has 0 aliphatic rings. The predicted octanol–water partition coefficient (Wildman–Crippen LogP) is 3.39. The number of hydrogen-bond acceptors (Lipinski definition) is 3. The lowest BCUT2D eigenvalue weighted by Gasteiger charge is -2.17. The Morgan fingerprint density at radius 3 is 2.65 bits per heavy atom. The molecule has 0 amide bonds. The van der Waals surface area contributed by atoms with Crippen molar-refractivity contribution in [2.75, 3.05) is 13.2 Å². The zero-order valence-electron chi connectivity index (χ0n) is 12.4. The van der Waals surface area contributed by atoms with Crippen molar-refractivity contribution in [3.05, 3.63) is 34.9 Å². The normalized spacial score (nSPS) is 14.2. The van der Waals surface area contributed by atoms with E-state index < -0.39 is 6.10 Å². The van der Waals surface area contributed by atoms with Crippen LogP contribution in [-0.4, -0.2) is 30.4 Å². The molecule has 0 aliphatic carbocycles. The van der Waals surface area contributed by atoms with Gasteiger partial charge in [0.05, 0.1) is 19.3 Å². The highest BCUT2D eigenvalue weighted by molar-refractivity contribution is 6.30. The molecule has 1 aromatic carbocycles. The standard InChI is InChI=1S/C16H26ClNO2/c1-3-4-5-13(2)18-10-16(19)12-20-11-14-6-8-15(17)9-7-14/h6-9,13,16,18-19H,3-5,10-12H2,1-2H3. The molecule has 0 heterocycles. The average molecular weight is 300 g/mol. The quantitative estimate of drug-likeness (QED) is 0.696. The predicted molar refractivity (Wildman–Crippen MR) is 84.1 cm³/mol. The second-order valence-electron chi connectivity index (χ2n) is 5.25. The van der Waals surface area contributed by atoms with Gasteiger partial charge >= 0.3 is 0 Å². The topological polar surface area (TPSA) is 41.5 Å². The van der Waals surface area contributed by atoms with Gasteiger partial charge in [-0.05, 0) is 31.0 Å². The van der Waals surface area contributed by atoms with E-state index in [1.165, 1.54) is 12.8 Å². The van der Waals surface area contributed by atoms with Crippen molar-refractivity contribution in [3.63, 3.8) is 0 Å². The maximum absolute atomic E-state index is 9.84. The number of hydrogen-bond donors (Lipinski definition) is 2. The zero-order chi connectivity index (χ0) is 14.8. The Hall–Kier alpha value is -0.610. The third kappa shape index (κ3) is 7.85. The van der Waals surface area contributed by atoms with E-state index in [-0.39, 0.29) is 0 Å². The molecule has 0 aliphatic heterocycles. The van der Waals surface area contributed by atoms with Gasteiger partial charge in [-0.1, -0.05) is 43.5 Å². The van der Waals surface area contributed by atoms with Gasteiger partial charge in [0, 0.05) is 17.6 Å². The molecule has 114 valence electrons. The summed E-state index contributed by atoms with van der Waals surface area (Å²) < 4.78 is 5.50. The van der Waals surface area contributed by atoms with Crippen molar-refractivity contribution >= 4 is 11.6 Å². The van der Waals surface area contributed by atoms with Crippen LogP contribution in [0.1, 0.15) is 38.7 Å². The molecule has 0 bridgehead atoms. The highest BCUT2D eigenvalue weighted by atomic mass is 35.5. The summed E-state index contributed by atoms with van der Waals surface area (Å²) in [7, 11) is 0. The van der Waals surface area contributed by atoms with Gasteiger partial charge in [-0.25, -0.2) is 0 Å². The van der Waals surface area contributed by atoms with Gasteiger partial charge in [0.1, 0.15) is 0 Å². The van der Waals surface area contributed by atoms with Crippen LogP contribution in [0.2, 0.25) is 5.02 Å². The van der Waals surface area contributed by atoms with Gasteiger partial charge in [0.2, 0.25) is 0 Å². The van der Waals surface area contributed by atoms with Crippen molar-refractivity contribution in [2.24, 2.45) is 0 Å². The van der Waals surface area contributed by atoms with Gasteiger partial charge in [-0.3, -0.25) is 0 Å². The number of rotatable bonds is 10. The Labute approximate surface area is 127 Å². The van der Waals surface area contributed by atoms with Crippen molar-refractivity contribution in [3.8, 4) is 0 Å². The van der Waals surface area contributed by atoms with Crippen LogP contribution in [0, 0.1) is 0 Å². The van der Waals surface area contributed by atoms with E-state index in [1.807, 2.05) is 24.3 Å². The summed E-state index contributed by atoms with van der Waals surface area (Å²) in [5.41, 5.74) is 1.06. The van der Waals surface area contributed by atoms with Gasteiger partial charge in [0.15, 0.2) is 0 Å². The zero-order valence-corrected chi connectivity index (χ0v) is 13.2. The number of aliphatic hydroxyl groups excluding tert-OH is 1. The number of ether oxygens (including phenoxy) is 1. The second-order valence-corrected chi connectivity index (χ2v) is 5.68. The molecule has 3 nitrogen and oxygen atoms in total. The van der Waals surface area contributed by atoms with Crippen molar-refractivity contribution < 1.29 is 9.84 Å². The van der Waals surface area contributed by atoms with Crippen molar-refractivity contribution in [1.29, 1.82) is 0 Å². The van der Waals surface area contributed by atoms with E-state index in [1.54, 1.807) is 0 Å². The number of nitrogens with one attached hydrogen (secondary N) is 1. The molecule has 2 N–H and O–H groups in total. The number of aliphatic hydroxyl groups is 1. The summed E-state index contributed by atoms with van der Waals surface area (Å²) in [6.07, 6.45) is 3.11. The molecule has 0 saturated heterocycles. The molecule has 0 aromatic heterocycles. The maximum atomic E-state index is 9.84. The third-order valence-corrected chi connectivity index (χ3v) is 3.44. The maximum Gasteiger partial charge on any atom is 0.0897 e. The van der Waals surface area contributed by atoms with E-state index in [0.29, 0.717) is 25.8 Å². The summed E-state index contributed by atoms with van der Waals surface area (Å²) in [6.45, 7) is 5.75. The third-order valence-electron chi connectivity index (χ3n) is 3.18. The molecule has 4 heteroatoms. The molecule has 0 fully saturated rings. The van der Waals surface area contributed by atoms with Crippen molar-refractivity contribution in [2.45, 2.75) is 51.9 Å². The number of halogens is 1. The summed E-state index contributed by atoms with van der Waals surface area (Å²) in [4.78, 5) is 0. The van der Waals surface area contributed by atoms with E-state index >= 15 is 0 Å². The lowest BCUT2D eigenvalue weighted by molar-refractivity contribution is 0.0277. The van der Waals surface area contributed by atoms with Crippen LogP contribution in [0.4, 0.5) is 0 Å². The first-order chi connectivity index (χ1) is 9.61. The van der Waals surface area contributed by atoms with Crippen LogP contribution < -0.4 is 5.32 Å². The number of unbranched alkanes of at least 4 members (excludes halogenated alkanes) is 1. The average Bonchev–Trinajstić information content (AvgIpc) is 2.45. The van der Waals surface area contributed by atoms with E-state index in [0.717, 1.165) is 17.0 Å². The molecular formula is C16H26ClNO2. The highest BCUT2D eigenvalue weighted by Crippen LogP contribution is 2.10. The first-order valence-corrected chi connectivity index (χ1v) is 7.73. The van der Waals surface area contributed by atoms with Gasteiger partial charge < -0.3 is 15.2 Å². The minimum Gasteiger partial charge on any atom is -0.389 e. The minimum atomic E-state index is -0.466. The molecule has 2 unspecified atom stereocenters. The number of benzene rings is 1. The highest BCUT2D eigenvalue weighted by Gasteiger charge is 2.07. The fourth-order valence-electron chi connectivity index (χ4n) is 1.90. The molecule has 1 rings (SSSR count). The van der Waals surface area contributed by atoms with Gasteiger partial charge in [0.25, 0.3) is 0 Å². The van der Waals surface area contributed by atoms with Crippen LogP contribution in [-0.2, 0) is 11.3 Å². The van der Waals surface area contributed by atoms with Crippen LogP contribution in [0.5, 0.6) is 0 Å². The monoisotopic (exact) mass is 299 g/mol. The minimum absolute atomic E-state index is 0.343. The molecule has 20 heavy (non-hydrogen) atoms. The first kappa shape index (κ1) is 17.4. The summed E-state index contributed by atoms with van der Waals surface area (Å²) in [5.74, 6) is 0. The summed E-state index contributed by atoms with van der Waals surface area (Å²) in [5, 5.41) is 13.9. The Morgan fingerprint density at radius 2 is 2.00 bits per heavy atom. The molecule has 0 saturated carbocycles. The molecular weight excluding hydrogens is 274 g/mol. The molecule has 2 atom stereocenters. The second kappa shape index (κ2) is 10.2. The SMILES string of the molecule is CCCCC(C)NCC(O)COCc1ccc(Cl)cc1. The molecule has 0 radical (unpaired) electrons. The Morgan fingerprint density at radius 1 is 1.30 bits per heavy atom. The summed E-state index contributed by atoms with van der Waals surface area (Å²) in [6, 6.07) is 7.99. The van der Waals surface area contributed by atoms with Crippen molar-refractivity contribution in [1.82, 2.24) is 5.32 Å². The fourth-order valence-corrected chi connectivity index (χ4v) is 2.03. The fraction of sp³-hybridized carbons (Fsp3) is 0.625. The molecule has 1 aromatic rings. The van der Waals surface area contributed by atoms with Crippen LogP contribution in [0.15, 0.2) is 24.3 Å². The largest absolute Gasteiger partial charge is 0.389 e. The lowest BCUT2D eigenvalue weighted by atomic mass is 10.1. The lowest BCUT2D eigenvalue weighted by Crippen LogP contribution is -2.35. The van der Waals surface area contributed by atoms with E-state index in [9.17, 15) is 5.11 Å². The smallest absolute Gasteiger partial charge is 0.0897 e. The Balaban J connectivity index is 2.10. The first-order valence-electron chi connectivity index (χ1n) is 7.35. The van der Waals surface area contributed by atoms with Gasteiger partial charge in [-0.2, -0.15) is 0 Å². The van der Waals surface area contributed by atoms with Gasteiger partial charge in [-0.15, -0.1) is 0 Å². The Kier molecular flexibility index (Phi) is 8.86.